The zero-order valence-corrected chi connectivity index (χ0v) is 13.5. The summed E-state index contributed by atoms with van der Waals surface area (Å²) in [6.07, 6.45) is 6.82. The predicted octanol–water partition coefficient (Wildman–Crippen LogP) is 4.73. The van der Waals surface area contributed by atoms with Gasteiger partial charge < -0.3 is 0 Å². The standard InChI is InChI=1S/C17H30O2/c1-14(2,3)12-8-11-16(12)9-7-10-17(15(4,5)6)13(16)18-19-17/h12-13H,7-11H2,1-6H3. The molecule has 0 amide bonds. The van der Waals surface area contributed by atoms with Crippen LogP contribution in [0.3, 0.4) is 0 Å². The van der Waals surface area contributed by atoms with E-state index in [0.29, 0.717) is 16.9 Å². The zero-order valence-electron chi connectivity index (χ0n) is 13.5. The maximum absolute atomic E-state index is 5.78. The van der Waals surface area contributed by atoms with E-state index >= 15 is 0 Å². The van der Waals surface area contributed by atoms with E-state index in [9.17, 15) is 0 Å². The van der Waals surface area contributed by atoms with Crippen LogP contribution in [0.15, 0.2) is 0 Å². The van der Waals surface area contributed by atoms with Crippen LogP contribution in [0.2, 0.25) is 0 Å². The summed E-state index contributed by atoms with van der Waals surface area (Å²) in [5.41, 5.74) is 0.913. The van der Waals surface area contributed by atoms with E-state index in [4.69, 9.17) is 9.78 Å². The van der Waals surface area contributed by atoms with Gasteiger partial charge in [0.2, 0.25) is 0 Å². The molecule has 0 N–H and O–H groups in total. The van der Waals surface area contributed by atoms with Crippen LogP contribution in [0.1, 0.15) is 73.6 Å². The van der Waals surface area contributed by atoms with Crippen molar-refractivity contribution < 1.29 is 9.78 Å². The fraction of sp³-hybridized carbons (Fsp3) is 1.00. The summed E-state index contributed by atoms with van der Waals surface area (Å²) >= 11 is 0. The molecule has 2 nitrogen and oxygen atoms in total. The largest absolute Gasteiger partial charge is 0.229 e. The smallest absolute Gasteiger partial charge is 0.138 e. The zero-order chi connectivity index (χ0) is 14.1. The molecule has 0 bridgehead atoms. The number of hydrogen-bond donors (Lipinski definition) is 0. The van der Waals surface area contributed by atoms with Crippen LogP contribution in [0.4, 0.5) is 0 Å². The molecule has 2 saturated carbocycles. The third kappa shape index (κ3) is 1.62. The Balaban J connectivity index is 1.93. The van der Waals surface area contributed by atoms with Gasteiger partial charge in [0, 0.05) is 5.41 Å². The fourth-order valence-electron chi connectivity index (χ4n) is 5.22. The van der Waals surface area contributed by atoms with Crippen molar-refractivity contribution in [1.82, 2.24) is 0 Å². The SMILES string of the molecule is CC(C)(C)C1CCC12CCCC1(C(C)(C)C)OOC21. The van der Waals surface area contributed by atoms with Gasteiger partial charge in [-0.05, 0) is 48.9 Å². The second kappa shape index (κ2) is 3.76. The van der Waals surface area contributed by atoms with Gasteiger partial charge in [-0.3, -0.25) is 0 Å². The summed E-state index contributed by atoms with van der Waals surface area (Å²) in [7, 11) is 0. The third-order valence-corrected chi connectivity index (χ3v) is 6.34. The maximum Gasteiger partial charge on any atom is 0.138 e. The highest BCUT2D eigenvalue weighted by Crippen LogP contribution is 2.69. The summed E-state index contributed by atoms with van der Waals surface area (Å²) in [5.74, 6) is 0.788. The van der Waals surface area contributed by atoms with Gasteiger partial charge in [0.1, 0.15) is 11.7 Å². The van der Waals surface area contributed by atoms with Crippen LogP contribution in [-0.4, -0.2) is 11.7 Å². The van der Waals surface area contributed by atoms with Crippen molar-refractivity contribution in [2.24, 2.45) is 22.2 Å². The lowest BCUT2D eigenvalue weighted by atomic mass is 9.42. The summed E-state index contributed by atoms with van der Waals surface area (Å²) < 4.78 is 0. The van der Waals surface area contributed by atoms with Crippen LogP contribution < -0.4 is 0 Å². The first-order valence-electron chi connectivity index (χ1n) is 7.98. The Labute approximate surface area is 118 Å². The second-order valence-corrected chi connectivity index (χ2v) is 9.24. The van der Waals surface area contributed by atoms with E-state index in [0.717, 1.165) is 5.92 Å². The summed E-state index contributed by atoms with van der Waals surface area (Å²) in [6.45, 7) is 14.1. The van der Waals surface area contributed by atoms with Crippen molar-refractivity contribution in [2.75, 3.05) is 0 Å². The molecule has 1 heterocycles. The summed E-state index contributed by atoms with van der Waals surface area (Å²) in [4.78, 5) is 11.5. The van der Waals surface area contributed by atoms with Crippen LogP contribution >= 0.6 is 0 Å². The molecule has 2 aliphatic carbocycles. The normalized spacial score (nSPS) is 46.4. The molecular formula is C17H30O2. The van der Waals surface area contributed by atoms with Gasteiger partial charge in [-0.25, -0.2) is 9.78 Å². The van der Waals surface area contributed by atoms with Crippen molar-refractivity contribution >= 4 is 0 Å². The van der Waals surface area contributed by atoms with Crippen LogP contribution in [0.25, 0.3) is 0 Å². The molecule has 4 atom stereocenters. The second-order valence-electron chi connectivity index (χ2n) is 9.24. The topological polar surface area (TPSA) is 18.5 Å². The Morgan fingerprint density at radius 1 is 0.947 bits per heavy atom. The molecule has 1 saturated heterocycles. The summed E-state index contributed by atoms with van der Waals surface area (Å²) in [5, 5.41) is 0. The first-order chi connectivity index (χ1) is 8.64. The molecule has 3 aliphatic rings. The van der Waals surface area contributed by atoms with Crippen molar-refractivity contribution in [3.8, 4) is 0 Å². The van der Waals surface area contributed by atoms with Crippen molar-refractivity contribution in [1.29, 1.82) is 0 Å². The van der Waals surface area contributed by atoms with Crippen molar-refractivity contribution in [3.63, 3.8) is 0 Å². The van der Waals surface area contributed by atoms with Gasteiger partial charge in [-0.15, -0.1) is 0 Å². The molecule has 0 aromatic carbocycles. The number of rotatable bonds is 0. The third-order valence-electron chi connectivity index (χ3n) is 6.34. The number of hydrogen-bond acceptors (Lipinski definition) is 2. The Kier molecular flexibility index (Phi) is 2.75. The minimum atomic E-state index is -0.0326. The molecular weight excluding hydrogens is 236 g/mol. The molecule has 19 heavy (non-hydrogen) atoms. The molecule has 1 aliphatic heterocycles. The minimum Gasteiger partial charge on any atom is -0.229 e. The first kappa shape index (κ1) is 13.9. The predicted molar refractivity (Wildman–Crippen MR) is 76.6 cm³/mol. The highest BCUT2D eigenvalue weighted by molar-refractivity contribution is 5.17. The molecule has 2 heteroatoms. The van der Waals surface area contributed by atoms with Gasteiger partial charge >= 0.3 is 0 Å². The molecule has 3 fully saturated rings. The molecule has 3 rings (SSSR count). The lowest BCUT2D eigenvalue weighted by Crippen LogP contribution is -2.75. The average molecular weight is 266 g/mol. The van der Waals surface area contributed by atoms with Gasteiger partial charge in [0.25, 0.3) is 0 Å². The Hall–Kier alpha value is -0.0800. The molecule has 0 aromatic rings. The van der Waals surface area contributed by atoms with E-state index in [1.165, 1.54) is 32.1 Å². The van der Waals surface area contributed by atoms with E-state index in [1.54, 1.807) is 0 Å². The van der Waals surface area contributed by atoms with Crippen LogP contribution in [0.5, 0.6) is 0 Å². The van der Waals surface area contributed by atoms with E-state index < -0.39 is 0 Å². The Morgan fingerprint density at radius 3 is 2.00 bits per heavy atom. The van der Waals surface area contributed by atoms with E-state index in [-0.39, 0.29) is 11.0 Å². The van der Waals surface area contributed by atoms with Gasteiger partial charge in [0.15, 0.2) is 0 Å². The lowest BCUT2D eigenvalue weighted by Gasteiger charge is -2.70. The van der Waals surface area contributed by atoms with Crippen molar-refractivity contribution in [3.05, 3.63) is 0 Å². The number of fused-ring (bicyclic) bond motifs is 2. The molecule has 4 unspecified atom stereocenters. The fourth-order valence-corrected chi connectivity index (χ4v) is 5.22. The Bertz CT molecular complexity index is 376. The van der Waals surface area contributed by atoms with Gasteiger partial charge in [0.05, 0.1) is 0 Å². The highest BCUT2D eigenvalue weighted by Gasteiger charge is 2.72. The van der Waals surface area contributed by atoms with Crippen LogP contribution in [-0.2, 0) is 9.78 Å². The molecule has 110 valence electrons. The Morgan fingerprint density at radius 2 is 1.63 bits per heavy atom. The highest BCUT2D eigenvalue weighted by atomic mass is 17.3. The summed E-state index contributed by atoms with van der Waals surface area (Å²) in [6, 6.07) is 0. The molecule has 1 spiro atoms. The van der Waals surface area contributed by atoms with Gasteiger partial charge in [-0.2, -0.15) is 0 Å². The quantitative estimate of drug-likeness (QED) is 0.590. The van der Waals surface area contributed by atoms with Crippen LogP contribution in [0, 0.1) is 22.2 Å². The monoisotopic (exact) mass is 266 g/mol. The van der Waals surface area contributed by atoms with Gasteiger partial charge in [-0.1, -0.05) is 41.5 Å². The van der Waals surface area contributed by atoms with Crippen molar-refractivity contribution in [2.45, 2.75) is 85.4 Å². The first-order valence-corrected chi connectivity index (χ1v) is 7.98. The van der Waals surface area contributed by atoms with E-state index in [1.807, 2.05) is 0 Å². The average Bonchev–Trinajstić information content (AvgIpc) is 2.13. The molecule has 0 aromatic heterocycles. The molecule has 0 radical (unpaired) electrons. The minimum absolute atomic E-state index is 0.0326. The maximum atomic E-state index is 5.78. The van der Waals surface area contributed by atoms with E-state index in [2.05, 4.69) is 41.5 Å². The lowest BCUT2D eigenvalue weighted by molar-refractivity contribution is -0.565.